The molecule has 1 saturated heterocycles. The van der Waals surface area contributed by atoms with Gasteiger partial charge in [0.1, 0.15) is 0 Å². The average molecular weight is 263 g/mol. The van der Waals surface area contributed by atoms with E-state index in [4.69, 9.17) is 10.5 Å². The molecular weight excluding hydrogens is 242 g/mol. The summed E-state index contributed by atoms with van der Waals surface area (Å²) in [6.07, 6.45) is 0. The smallest absolute Gasteiger partial charge is 0.337 e. The number of methoxy groups -OCH3 is 1. The summed E-state index contributed by atoms with van der Waals surface area (Å²) in [5.41, 5.74) is 8.17. The number of esters is 1. The Bertz CT molecular complexity index is 476. The van der Waals surface area contributed by atoms with Gasteiger partial charge < -0.3 is 20.3 Å². The van der Waals surface area contributed by atoms with Crippen molar-refractivity contribution in [3.63, 3.8) is 0 Å². The van der Waals surface area contributed by atoms with Crippen molar-refractivity contribution in [1.82, 2.24) is 4.90 Å². The van der Waals surface area contributed by atoms with Gasteiger partial charge in [-0.2, -0.15) is 0 Å². The van der Waals surface area contributed by atoms with Crippen molar-refractivity contribution in [1.29, 1.82) is 0 Å². The Balaban J connectivity index is 2.19. The quantitative estimate of drug-likeness (QED) is 0.641. The molecule has 2 rings (SSSR count). The number of anilines is 2. The van der Waals surface area contributed by atoms with Crippen molar-refractivity contribution in [2.45, 2.75) is 13.0 Å². The fraction of sp³-hybridized carbons (Fsp3) is 0.500. The average Bonchev–Trinajstić information content (AvgIpc) is 2.41. The highest BCUT2D eigenvalue weighted by molar-refractivity contribution is 5.92. The first-order valence-corrected chi connectivity index (χ1v) is 6.46. The monoisotopic (exact) mass is 263 g/mol. The maximum atomic E-state index is 11.5. The van der Waals surface area contributed by atoms with Crippen molar-refractivity contribution in [2.24, 2.45) is 0 Å². The summed E-state index contributed by atoms with van der Waals surface area (Å²) >= 11 is 0. The third-order valence-corrected chi connectivity index (χ3v) is 3.75. The highest BCUT2D eigenvalue weighted by Gasteiger charge is 2.22. The SMILES string of the molecule is COC(=O)c1ccc(N2CCN(C)C(C)C2)c(N)c1. The predicted octanol–water partition coefficient (Wildman–Crippen LogP) is 1.20. The van der Waals surface area contributed by atoms with Gasteiger partial charge in [0.2, 0.25) is 0 Å². The molecule has 0 aliphatic carbocycles. The zero-order chi connectivity index (χ0) is 14.0. The summed E-state index contributed by atoms with van der Waals surface area (Å²) in [4.78, 5) is 16.0. The van der Waals surface area contributed by atoms with E-state index in [9.17, 15) is 4.79 Å². The maximum absolute atomic E-state index is 11.5. The van der Waals surface area contributed by atoms with Gasteiger partial charge in [-0.05, 0) is 32.2 Å². The molecular formula is C14H21N3O2. The van der Waals surface area contributed by atoms with Crippen molar-refractivity contribution in [3.05, 3.63) is 23.8 Å². The zero-order valence-electron chi connectivity index (χ0n) is 11.7. The molecule has 0 saturated carbocycles. The van der Waals surface area contributed by atoms with E-state index in [0.29, 0.717) is 17.3 Å². The molecule has 0 aromatic heterocycles. The van der Waals surface area contributed by atoms with Crippen LogP contribution in [0, 0.1) is 0 Å². The number of rotatable bonds is 2. The molecule has 0 bridgehead atoms. The Morgan fingerprint density at radius 2 is 2.16 bits per heavy atom. The van der Waals surface area contributed by atoms with Crippen LogP contribution in [0.15, 0.2) is 18.2 Å². The van der Waals surface area contributed by atoms with Crippen LogP contribution in [-0.2, 0) is 4.74 Å². The number of carbonyl (C=O) groups excluding carboxylic acids is 1. The van der Waals surface area contributed by atoms with Crippen molar-refractivity contribution in [2.75, 3.05) is 44.4 Å². The van der Waals surface area contributed by atoms with Gasteiger partial charge in [0, 0.05) is 25.7 Å². The second-order valence-electron chi connectivity index (χ2n) is 5.04. The number of nitrogens with zero attached hydrogens (tertiary/aromatic N) is 2. The lowest BCUT2D eigenvalue weighted by molar-refractivity contribution is 0.0601. The van der Waals surface area contributed by atoms with Crippen LogP contribution in [0.25, 0.3) is 0 Å². The minimum Gasteiger partial charge on any atom is -0.465 e. The van der Waals surface area contributed by atoms with E-state index in [1.807, 2.05) is 6.07 Å². The Morgan fingerprint density at radius 3 is 2.74 bits per heavy atom. The molecule has 19 heavy (non-hydrogen) atoms. The van der Waals surface area contributed by atoms with Gasteiger partial charge in [-0.25, -0.2) is 4.79 Å². The zero-order valence-corrected chi connectivity index (χ0v) is 11.7. The number of piperazine rings is 1. The van der Waals surface area contributed by atoms with Crippen LogP contribution >= 0.6 is 0 Å². The number of nitrogens with two attached hydrogens (primary N) is 1. The Kier molecular flexibility index (Phi) is 3.95. The number of hydrogen-bond donors (Lipinski definition) is 1. The van der Waals surface area contributed by atoms with Gasteiger partial charge >= 0.3 is 5.97 Å². The highest BCUT2D eigenvalue weighted by Crippen LogP contribution is 2.26. The lowest BCUT2D eigenvalue weighted by Gasteiger charge is -2.39. The summed E-state index contributed by atoms with van der Waals surface area (Å²) in [7, 11) is 3.50. The number of ether oxygens (including phenoxy) is 1. The molecule has 5 heteroatoms. The van der Waals surface area contributed by atoms with Crippen LogP contribution in [0.1, 0.15) is 17.3 Å². The Hall–Kier alpha value is -1.75. The summed E-state index contributed by atoms with van der Waals surface area (Å²) in [5, 5.41) is 0. The Labute approximate surface area is 113 Å². The van der Waals surface area contributed by atoms with E-state index in [-0.39, 0.29) is 5.97 Å². The summed E-state index contributed by atoms with van der Waals surface area (Å²) < 4.78 is 4.69. The van der Waals surface area contributed by atoms with Gasteiger partial charge in [0.15, 0.2) is 0 Å². The molecule has 0 amide bonds. The minimum absolute atomic E-state index is 0.356. The molecule has 5 nitrogen and oxygen atoms in total. The molecule has 1 aliphatic rings. The minimum atomic E-state index is -0.356. The topological polar surface area (TPSA) is 58.8 Å². The van der Waals surface area contributed by atoms with E-state index in [1.165, 1.54) is 7.11 Å². The van der Waals surface area contributed by atoms with Crippen LogP contribution in [0.2, 0.25) is 0 Å². The summed E-state index contributed by atoms with van der Waals surface area (Å²) in [5.74, 6) is -0.356. The van der Waals surface area contributed by atoms with Gasteiger partial charge in [-0.3, -0.25) is 0 Å². The van der Waals surface area contributed by atoms with Crippen LogP contribution in [-0.4, -0.2) is 50.7 Å². The maximum Gasteiger partial charge on any atom is 0.337 e. The van der Waals surface area contributed by atoms with E-state index < -0.39 is 0 Å². The lowest BCUT2D eigenvalue weighted by Crippen LogP contribution is -2.50. The first kappa shape index (κ1) is 13.7. The standard InChI is InChI=1S/C14H21N3O2/c1-10-9-17(7-6-16(10)2)13-5-4-11(8-12(13)15)14(18)19-3/h4-5,8,10H,6-7,9,15H2,1-3H3. The van der Waals surface area contributed by atoms with E-state index >= 15 is 0 Å². The highest BCUT2D eigenvalue weighted by atomic mass is 16.5. The molecule has 1 unspecified atom stereocenters. The van der Waals surface area contributed by atoms with Crippen LogP contribution in [0.5, 0.6) is 0 Å². The van der Waals surface area contributed by atoms with E-state index in [0.717, 1.165) is 25.3 Å². The van der Waals surface area contributed by atoms with E-state index in [1.54, 1.807) is 12.1 Å². The molecule has 104 valence electrons. The first-order chi connectivity index (χ1) is 9.02. The van der Waals surface area contributed by atoms with Crippen molar-refractivity contribution < 1.29 is 9.53 Å². The number of hydrogen-bond acceptors (Lipinski definition) is 5. The van der Waals surface area contributed by atoms with Crippen molar-refractivity contribution >= 4 is 17.3 Å². The molecule has 1 atom stereocenters. The van der Waals surface area contributed by atoms with Gasteiger partial charge in [-0.15, -0.1) is 0 Å². The molecule has 1 heterocycles. The third kappa shape index (κ3) is 2.81. The summed E-state index contributed by atoms with van der Waals surface area (Å²) in [6, 6.07) is 5.85. The van der Waals surface area contributed by atoms with Gasteiger partial charge in [0.25, 0.3) is 0 Å². The number of benzene rings is 1. The predicted molar refractivity (Wildman–Crippen MR) is 76.5 cm³/mol. The molecule has 2 N–H and O–H groups in total. The normalized spacial score (nSPS) is 20.4. The van der Waals surface area contributed by atoms with Crippen LogP contribution in [0.3, 0.4) is 0 Å². The van der Waals surface area contributed by atoms with E-state index in [2.05, 4.69) is 23.8 Å². The Morgan fingerprint density at radius 1 is 1.42 bits per heavy atom. The fourth-order valence-electron chi connectivity index (χ4n) is 2.35. The number of carbonyl (C=O) groups is 1. The van der Waals surface area contributed by atoms with Crippen LogP contribution in [0.4, 0.5) is 11.4 Å². The largest absolute Gasteiger partial charge is 0.465 e. The molecule has 1 aliphatic heterocycles. The molecule has 1 aromatic rings. The third-order valence-electron chi connectivity index (χ3n) is 3.75. The molecule has 0 radical (unpaired) electrons. The number of likely N-dealkylation sites (N-methyl/N-ethyl adjacent to an activating group) is 1. The lowest BCUT2D eigenvalue weighted by atomic mass is 10.1. The van der Waals surface area contributed by atoms with Gasteiger partial charge in [0.05, 0.1) is 24.0 Å². The molecule has 0 spiro atoms. The second kappa shape index (κ2) is 5.48. The van der Waals surface area contributed by atoms with Crippen LogP contribution < -0.4 is 10.6 Å². The molecule has 1 fully saturated rings. The molecule has 1 aromatic carbocycles. The summed E-state index contributed by atoms with van der Waals surface area (Å²) in [6.45, 7) is 5.10. The first-order valence-electron chi connectivity index (χ1n) is 6.46. The van der Waals surface area contributed by atoms with Crippen molar-refractivity contribution in [3.8, 4) is 0 Å². The second-order valence-corrected chi connectivity index (χ2v) is 5.04. The number of nitrogen functional groups attached to an aromatic ring is 1. The fourth-order valence-corrected chi connectivity index (χ4v) is 2.35. The van der Waals surface area contributed by atoms with Gasteiger partial charge in [-0.1, -0.05) is 0 Å².